The van der Waals surface area contributed by atoms with E-state index in [-0.39, 0.29) is 0 Å². The minimum absolute atomic E-state index is 0.303. The topological polar surface area (TPSA) is 84.7 Å². The second kappa shape index (κ2) is 6.78. The van der Waals surface area contributed by atoms with Crippen LogP contribution in [0.3, 0.4) is 0 Å². The van der Waals surface area contributed by atoms with Crippen molar-refractivity contribution in [2.75, 3.05) is 20.2 Å². The molecule has 1 aliphatic rings. The fourth-order valence-electron chi connectivity index (χ4n) is 2.29. The number of nitrogens with zero attached hydrogens (tertiary/aromatic N) is 1. The van der Waals surface area contributed by atoms with Crippen LogP contribution in [0, 0.1) is 0 Å². The molecule has 112 valence electrons. The maximum Gasteiger partial charge on any atom is 0.409 e. The molecule has 6 nitrogen and oxygen atoms in total. The molecule has 1 aromatic rings. The van der Waals surface area contributed by atoms with Crippen LogP contribution in [0.15, 0.2) is 41.6 Å². The summed E-state index contributed by atoms with van der Waals surface area (Å²) in [6.45, 7) is 1.31. The zero-order chi connectivity index (χ0) is 15.2. The third kappa shape index (κ3) is 3.75. The van der Waals surface area contributed by atoms with Crippen molar-refractivity contribution in [3.8, 4) is 0 Å². The Morgan fingerprint density at radius 1 is 1.33 bits per heavy atom. The number of benzene rings is 1. The first-order valence-corrected chi connectivity index (χ1v) is 6.74. The van der Waals surface area contributed by atoms with Gasteiger partial charge in [-0.05, 0) is 12.0 Å². The molecule has 1 heterocycles. The lowest BCUT2D eigenvalue weighted by molar-refractivity contribution is -0.114. The van der Waals surface area contributed by atoms with Crippen LogP contribution in [0.25, 0.3) is 0 Å². The van der Waals surface area contributed by atoms with Gasteiger partial charge in [0.05, 0.1) is 13.7 Å². The summed E-state index contributed by atoms with van der Waals surface area (Å²) in [5.74, 6) is -0.449. The third-order valence-electron chi connectivity index (χ3n) is 3.42. The van der Waals surface area contributed by atoms with Gasteiger partial charge in [0.2, 0.25) is 5.91 Å². The van der Waals surface area contributed by atoms with Crippen LogP contribution in [0.1, 0.15) is 12.0 Å². The number of carbonyl (C=O) groups is 2. The van der Waals surface area contributed by atoms with E-state index in [0.29, 0.717) is 37.3 Å². The van der Waals surface area contributed by atoms with Gasteiger partial charge in [0.1, 0.15) is 0 Å². The molecule has 0 aliphatic carbocycles. The quantitative estimate of drug-likeness (QED) is 0.865. The monoisotopic (exact) mass is 289 g/mol. The van der Waals surface area contributed by atoms with Crippen LogP contribution in [-0.4, -0.2) is 37.1 Å². The van der Waals surface area contributed by atoms with Crippen molar-refractivity contribution in [1.29, 1.82) is 0 Å². The minimum Gasteiger partial charge on any atom is -0.453 e. The van der Waals surface area contributed by atoms with E-state index in [2.05, 4.69) is 5.32 Å². The normalized spacial score (nSPS) is 14.8. The van der Waals surface area contributed by atoms with Gasteiger partial charge >= 0.3 is 6.09 Å². The Morgan fingerprint density at radius 3 is 2.67 bits per heavy atom. The Morgan fingerprint density at radius 2 is 2.05 bits per heavy atom. The molecular formula is C15H19N3O3. The lowest BCUT2D eigenvalue weighted by Gasteiger charge is -2.29. The number of nitrogens with one attached hydrogen (secondary N) is 1. The van der Waals surface area contributed by atoms with Crippen molar-refractivity contribution in [2.24, 2.45) is 5.73 Å². The molecule has 0 fully saturated rings. The summed E-state index contributed by atoms with van der Waals surface area (Å²) in [5, 5.41) is 3.21. The second-order valence-corrected chi connectivity index (χ2v) is 4.80. The molecule has 0 radical (unpaired) electrons. The average Bonchev–Trinajstić information content (AvgIpc) is 2.52. The predicted octanol–water partition coefficient (Wildman–Crippen LogP) is 0.988. The summed E-state index contributed by atoms with van der Waals surface area (Å²) < 4.78 is 4.72. The van der Waals surface area contributed by atoms with Crippen LogP contribution >= 0.6 is 0 Å². The summed E-state index contributed by atoms with van der Waals surface area (Å²) in [4.78, 5) is 24.7. The summed E-state index contributed by atoms with van der Waals surface area (Å²) in [5.41, 5.74) is 7.73. The fourth-order valence-corrected chi connectivity index (χ4v) is 2.29. The van der Waals surface area contributed by atoms with Gasteiger partial charge in [-0.25, -0.2) is 4.79 Å². The Hall–Kier alpha value is -2.50. The lowest BCUT2D eigenvalue weighted by atomic mass is 10.0. The zero-order valence-electron chi connectivity index (χ0n) is 12.0. The number of carbonyl (C=O) groups excluding carboxylic acids is 2. The van der Waals surface area contributed by atoms with Gasteiger partial charge in [-0.1, -0.05) is 30.3 Å². The minimum atomic E-state index is -0.449. The summed E-state index contributed by atoms with van der Waals surface area (Å²) >= 11 is 0. The van der Waals surface area contributed by atoms with Crippen molar-refractivity contribution in [3.05, 3.63) is 47.2 Å². The Kier molecular flexibility index (Phi) is 4.81. The van der Waals surface area contributed by atoms with E-state index in [4.69, 9.17) is 10.5 Å². The molecule has 0 atom stereocenters. The highest BCUT2D eigenvalue weighted by Crippen LogP contribution is 2.17. The number of amides is 2. The Balaban J connectivity index is 2.10. The number of hydrogen-bond donors (Lipinski definition) is 2. The molecule has 0 saturated carbocycles. The highest BCUT2D eigenvalue weighted by Gasteiger charge is 2.25. The van der Waals surface area contributed by atoms with Gasteiger partial charge in [0.15, 0.2) is 0 Å². The molecule has 0 unspecified atom stereocenters. The molecule has 21 heavy (non-hydrogen) atoms. The molecule has 0 spiro atoms. The van der Waals surface area contributed by atoms with E-state index >= 15 is 0 Å². The fraction of sp³-hybridized carbons (Fsp3) is 0.333. The van der Waals surface area contributed by atoms with Crippen LogP contribution in [-0.2, 0) is 16.1 Å². The standard InChI is InChI=1S/C15H19N3O3/c1-21-15(20)18-8-7-12(14(16)19)13(10-18)17-9-11-5-3-2-4-6-11/h2-6,17H,7-10H2,1H3,(H2,16,19). The van der Waals surface area contributed by atoms with Crippen molar-refractivity contribution in [3.63, 3.8) is 0 Å². The van der Waals surface area contributed by atoms with Gasteiger partial charge in [-0.2, -0.15) is 0 Å². The van der Waals surface area contributed by atoms with Gasteiger partial charge in [-0.15, -0.1) is 0 Å². The molecule has 3 N–H and O–H groups in total. The predicted molar refractivity (Wildman–Crippen MR) is 78.1 cm³/mol. The Bertz CT molecular complexity index is 555. The Labute approximate surface area is 123 Å². The van der Waals surface area contributed by atoms with Crippen molar-refractivity contribution < 1.29 is 14.3 Å². The smallest absolute Gasteiger partial charge is 0.409 e. The summed E-state index contributed by atoms with van der Waals surface area (Å²) in [6.07, 6.45) is 0.0270. The molecule has 6 heteroatoms. The van der Waals surface area contributed by atoms with Crippen LogP contribution in [0.4, 0.5) is 4.79 Å². The van der Waals surface area contributed by atoms with E-state index < -0.39 is 12.0 Å². The van der Waals surface area contributed by atoms with Crippen molar-refractivity contribution >= 4 is 12.0 Å². The van der Waals surface area contributed by atoms with Crippen molar-refractivity contribution in [2.45, 2.75) is 13.0 Å². The van der Waals surface area contributed by atoms with Gasteiger partial charge in [0.25, 0.3) is 0 Å². The molecule has 1 aliphatic heterocycles. The van der Waals surface area contributed by atoms with Crippen LogP contribution in [0.2, 0.25) is 0 Å². The number of ether oxygens (including phenoxy) is 1. The molecule has 1 aromatic carbocycles. The summed E-state index contributed by atoms with van der Waals surface area (Å²) in [7, 11) is 1.34. The van der Waals surface area contributed by atoms with Crippen molar-refractivity contribution in [1.82, 2.24) is 10.2 Å². The average molecular weight is 289 g/mol. The lowest BCUT2D eigenvalue weighted by Crippen LogP contribution is -2.42. The first-order chi connectivity index (χ1) is 10.1. The van der Waals surface area contributed by atoms with Gasteiger partial charge in [-0.3, -0.25) is 4.79 Å². The van der Waals surface area contributed by atoms with Crippen LogP contribution < -0.4 is 11.1 Å². The summed E-state index contributed by atoms with van der Waals surface area (Å²) in [6, 6.07) is 9.80. The molecule has 0 saturated heterocycles. The number of nitrogens with two attached hydrogens (primary N) is 1. The van der Waals surface area contributed by atoms with E-state index in [1.54, 1.807) is 4.90 Å². The maximum absolute atomic E-state index is 11.6. The highest BCUT2D eigenvalue weighted by molar-refractivity contribution is 5.93. The van der Waals surface area contributed by atoms with Gasteiger partial charge in [0, 0.05) is 24.4 Å². The molecule has 2 rings (SSSR count). The van der Waals surface area contributed by atoms with E-state index in [1.165, 1.54) is 7.11 Å². The number of primary amides is 1. The largest absolute Gasteiger partial charge is 0.453 e. The number of hydrogen-bond acceptors (Lipinski definition) is 4. The number of methoxy groups -OCH3 is 1. The second-order valence-electron chi connectivity index (χ2n) is 4.80. The SMILES string of the molecule is COC(=O)N1CCC(C(N)=O)=C(NCc2ccccc2)C1. The first kappa shape index (κ1) is 14.9. The molecule has 2 amide bonds. The molecule has 0 bridgehead atoms. The third-order valence-corrected chi connectivity index (χ3v) is 3.42. The number of rotatable bonds is 4. The van der Waals surface area contributed by atoms with Crippen LogP contribution in [0.5, 0.6) is 0 Å². The zero-order valence-corrected chi connectivity index (χ0v) is 12.0. The maximum atomic E-state index is 11.6. The van der Waals surface area contributed by atoms with E-state index in [1.807, 2.05) is 30.3 Å². The first-order valence-electron chi connectivity index (χ1n) is 6.74. The van der Waals surface area contributed by atoms with E-state index in [0.717, 1.165) is 5.56 Å². The van der Waals surface area contributed by atoms with E-state index in [9.17, 15) is 9.59 Å². The molecular weight excluding hydrogens is 270 g/mol. The molecule has 0 aromatic heterocycles. The highest BCUT2D eigenvalue weighted by atomic mass is 16.5. The van der Waals surface area contributed by atoms with Gasteiger partial charge < -0.3 is 20.7 Å².